The molecule has 0 bridgehead atoms. The molecule has 2 rings (SSSR count). The Balaban J connectivity index is 2.70. The summed E-state index contributed by atoms with van der Waals surface area (Å²) in [6.45, 7) is 3.69. The fourth-order valence-electron chi connectivity index (χ4n) is 3.02. The van der Waals surface area contributed by atoms with Gasteiger partial charge in [0.25, 0.3) is 0 Å². The van der Waals surface area contributed by atoms with Gasteiger partial charge in [-0.3, -0.25) is 4.79 Å². The van der Waals surface area contributed by atoms with Gasteiger partial charge < -0.3 is 10.0 Å². The SMILES string of the molecule is CC(C)C(C(=O)N1CCC1)(c1ccccc1)C(F)(F)C(=O)O. The summed E-state index contributed by atoms with van der Waals surface area (Å²) in [5.41, 5.74) is -2.37. The molecular formula is C16H19F2NO3. The largest absolute Gasteiger partial charge is 0.477 e. The number of nitrogens with zero attached hydrogens (tertiary/aromatic N) is 1. The first kappa shape index (κ1) is 16.4. The van der Waals surface area contributed by atoms with Crippen molar-refractivity contribution in [3.05, 3.63) is 35.9 Å². The van der Waals surface area contributed by atoms with E-state index in [-0.39, 0.29) is 5.56 Å². The molecule has 0 aromatic heterocycles. The highest BCUT2D eigenvalue weighted by Crippen LogP contribution is 2.47. The van der Waals surface area contributed by atoms with Crippen LogP contribution >= 0.6 is 0 Å². The molecule has 1 aromatic rings. The quantitative estimate of drug-likeness (QED) is 0.909. The lowest BCUT2D eigenvalue weighted by Gasteiger charge is -2.45. The zero-order valence-electron chi connectivity index (χ0n) is 12.6. The molecule has 1 saturated heterocycles. The van der Waals surface area contributed by atoms with Gasteiger partial charge >= 0.3 is 11.9 Å². The maximum Gasteiger partial charge on any atom is 0.376 e. The standard InChI is InChI=1S/C16H19F2NO3/c1-11(2)15(16(17,18)14(21)22,12-7-4-3-5-8-12)13(20)19-9-6-10-19/h3-5,7-8,11H,6,9-10H2,1-2H3,(H,21,22). The van der Waals surface area contributed by atoms with Crippen molar-refractivity contribution in [3.8, 4) is 0 Å². The zero-order chi connectivity index (χ0) is 16.5. The first-order chi connectivity index (χ1) is 10.3. The van der Waals surface area contributed by atoms with Crippen LogP contribution < -0.4 is 0 Å². The number of carbonyl (C=O) groups excluding carboxylic acids is 1. The van der Waals surface area contributed by atoms with E-state index in [1.165, 1.54) is 43.0 Å². The zero-order valence-corrected chi connectivity index (χ0v) is 12.6. The Morgan fingerprint density at radius 1 is 1.18 bits per heavy atom. The molecule has 4 nitrogen and oxygen atoms in total. The summed E-state index contributed by atoms with van der Waals surface area (Å²) in [4.78, 5) is 25.4. The van der Waals surface area contributed by atoms with E-state index < -0.39 is 29.1 Å². The lowest BCUT2D eigenvalue weighted by molar-refractivity contribution is -0.190. The molecule has 22 heavy (non-hydrogen) atoms. The van der Waals surface area contributed by atoms with Gasteiger partial charge in [0.15, 0.2) is 5.41 Å². The normalized spacial score (nSPS) is 17.8. The molecule has 1 aliphatic heterocycles. The molecule has 6 heteroatoms. The highest BCUT2D eigenvalue weighted by molar-refractivity contribution is 5.97. The molecule has 1 N–H and O–H groups in total. The van der Waals surface area contributed by atoms with Gasteiger partial charge in [-0.05, 0) is 17.9 Å². The van der Waals surface area contributed by atoms with Gasteiger partial charge in [-0.1, -0.05) is 44.2 Å². The summed E-state index contributed by atoms with van der Waals surface area (Å²) in [7, 11) is 0. The molecule has 1 heterocycles. The van der Waals surface area contributed by atoms with Gasteiger partial charge in [0.05, 0.1) is 0 Å². The molecule has 0 spiro atoms. The second-order valence-electron chi connectivity index (χ2n) is 5.85. The molecule has 120 valence electrons. The Labute approximate surface area is 127 Å². The van der Waals surface area contributed by atoms with Crippen molar-refractivity contribution >= 4 is 11.9 Å². The van der Waals surface area contributed by atoms with Gasteiger partial charge in [0.1, 0.15) is 0 Å². The fraction of sp³-hybridized carbons (Fsp3) is 0.500. The molecule has 1 atom stereocenters. The highest BCUT2D eigenvalue weighted by Gasteiger charge is 2.67. The predicted octanol–water partition coefficient (Wildman–Crippen LogP) is 2.53. The lowest BCUT2D eigenvalue weighted by Crippen LogP contribution is -2.64. The Morgan fingerprint density at radius 2 is 1.73 bits per heavy atom. The number of likely N-dealkylation sites (tertiary alicyclic amines) is 1. The molecular weight excluding hydrogens is 292 g/mol. The van der Waals surface area contributed by atoms with Crippen molar-refractivity contribution in [1.82, 2.24) is 4.90 Å². The third-order valence-corrected chi connectivity index (χ3v) is 4.34. The minimum absolute atomic E-state index is 0.0364. The Kier molecular flexibility index (Phi) is 4.22. The van der Waals surface area contributed by atoms with Crippen molar-refractivity contribution in [2.45, 2.75) is 31.6 Å². The number of alkyl halides is 2. The summed E-state index contributed by atoms with van der Waals surface area (Å²) in [5, 5.41) is 9.09. The van der Waals surface area contributed by atoms with E-state index in [4.69, 9.17) is 5.11 Å². The topological polar surface area (TPSA) is 57.6 Å². The van der Waals surface area contributed by atoms with E-state index in [1.54, 1.807) is 6.07 Å². The molecule has 1 fully saturated rings. The number of hydrogen-bond donors (Lipinski definition) is 1. The third-order valence-electron chi connectivity index (χ3n) is 4.34. The average molecular weight is 311 g/mol. The number of hydrogen-bond acceptors (Lipinski definition) is 2. The van der Waals surface area contributed by atoms with E-state index in [9.17, 15) is 18.4 Å². The number of amides is 1. The number of carboxylic acids is 1. The van der Waals surface area contributed by atoms with Crippen LogP contribution in [0.4, 0.5) is 8.78 Å². The van der Waals surface area contributed by atoms with Gasteiger partial charge in [0.2, 0.25) is 5.91 Å². The number of carbonyl (C=O) groups is 2. The van der Waals surface area contributed by atoms with Crippen molar-refractivity contribution in [1.29, 1.82) is 0 Å². The van der Waals surface area contributed by atoms with Gasteiger partial charge in [-0.15, -0.1) is 0 Å². The number of aliphatic carboxylic acids is 1. The highest BCUT2D eigenvalue weighted by atomic mass is 19.3. The minimum atomic E-state index is -4.20. The summed E-state index contributed by atoms with van der Waals surface area (Å²) >= 11 is 0. The Hall–Kier alpha value is -1.98. The molecule has 1 amide bonds. The summed E-state index contributed by atoms with van der Waals surface area (Å²) in [5.74, 6) is -8.17. The first-order valence-electron chi connectivity index (χ1n) is 7.22. The van der Waals surface area contributed by atoms with Gasteiger partial charge in [-0.2, -0.15) is 8.78 Å². The predicted molar refractivity (Wildman–Crippen MR) is 76.7 cm³/mol. The van der Waals surface area contributed by atoms with Crippen LogP contribution in [0.1, 0.15) is 25.8 Å². The van der Waals surface area contributed by atoms with Crippen LogP contribution in [0.5, 0.6) is 0 Å². The maximum absolute atomic E-state index is 14.7. The molecule has 1 aromatic carbocycles. The summed E-state index contributed by atoms with van der Waals surface area (Å²) < 4.78 is 29.5. The van der Waals surface area contributed by atoms with Crippen molar-refractivity contribution in [2.24, 2.45) is 5.92 Å². The minimum Gasteiger partial charge on any atom is -0.477 e. The number of rotatable bonds is 5. The maximum atomic E-state index is 14.7. The van der Waals surface area contributed by atoms with Crippen LogP contribution in [0.3, 0.4) is 0 Å². The van der Waals surface area contributed by atoms with E-state index in [1.807, 2.05) is 0 Å². The third kappa shape index (κ3) is 2.17. The Morgan fingerprint density at radius 3 is 2.09 bits per heavy atom. The Bertz CT molecular complexity index is 570. The van der Waals surface area contributed by atoms with Gasteiger partial charge in [-0.25, -0.2) is 4.79 Å². The van der Waals surface area contributed by atoms with Crippen LogP contribution in [-0.4, -0.2) is 40.9 Å². The van der Waals surface area contributed by atoms with Crippen LogP contribution in [0, 0.1) is 5.92 Å². The van der Waals surface area contributed by atoms with Gasteiger partial charge in [0, 0.05) is 13.1 Å². The lowest BCUT2D eigenvalue weighted by atomic mass is 9.65. The van der Waals surface area contributed by atoms with Crippen LogP contribution in [-0.2, 0) is 15.0 Å². The molecule has 1 unspecified atom stereocenters. The second-order valence-corrected chi connectivity index (χ2v) is 5.85. The fourth-order valence-corrected chi connectivity index (χ4v) is 3.02. The van der Waals surface area contributed by atoms with Crippen LogP contribution in [0.2, 0.25) is 0 Å². The number of halogens is 2. The summed E-state index contributed by atoms with van der Waals surface area (Å²) in [6.07, 6.45) is 0.743. The molecule has 0 aliphatic carbocycles. The number of carboxylic acid groups (broad SMARTS) is 1. The van der Waals surface area contributed by atoms with E-state index in [2.05, 4.69) is 0 Å². The monoisotopic (exact) mass is 311 g/mol. The smallest absolute Gasteiger partial charge is 0.376 e. The second kappa shape index (κ2) is 5.66. The molecule has 0 saturated carbocycles. The van der Waals surface area contributed by atoms with Crippen molar-refractivity contribution in [2.75, 3.05) is 13.1 Å². The first-order valence-corrected chi connectivity index (χ1v) is 7.22. The van der Waals surface area contributed by atoms with Crippen molar-refractivity contribution in [3.63, 3.8) is 0 Å². The van der Waals surface area contributed by atoms with Crippen LogP contribution in [0.25, 0.3) is 0 Å². The average Bonchev–Trinajstić information content (AvgIpc) is 2.37. The van der Waals surface area contributed by atoms with Crippen molar-refractivity contribution < 1.29 is 23.5 Å². The summed E-state index contributed by atoms with van der Waals surface area (Å²) in [6, 6.07) is 7.51. The molecule has 0 radical (unpaired) electrons. The molecule has 1 aliphatic rings. The van der Waals surface area contributed by atoms with E-state index in [0.717, 1.165) is 6.42 Å². The van der Waals surface area contributed by atoms with Crippen LogP contribution in [0.15, 0.2) is 30.3 Å². The van der Waals surface area contributed by atoms with E-state index >= 15 is 0 Å². The number of benzene rings is 1. The van der Waals surface area contributed by atoms with E-state index in [0.29, 0.717) is 13.1 Å².